The zero-order chi connectivity index (χ0) is 12.6. The van der Waals surface area contributed by atoms with Gasteiger partial charge in [0.1, 0.15) is 0 Å². The summed E-state index contributed by atoms with van der Waals surface area (Å²) >= 11 is 6.77. The first kappa shape index (κ1) is 12.6. The smallest absolute Gasteiger partial charge is 0.300 e. The molecule has 7 heteroatoms. The van der Waals surface area contributed by atoms with Gasteiger partial charge in [-0.3, -0.25) is 9.69 Å². The van der Waals surface area contributed by atoms with Crippen LogP contribution >= 0.6 is 23.4 Å². The number of carbonyl (C=O) groups is 1. The van der Waals surface area contributed by atoms with Crippen molar-refractivity contribution >= 4 is 35.0 Å². The standard InChI is InChI=1S/C10H7ClF3NOS/c11-8-9(16)15(5-17-8)7-4-2-1-3-6(7)10(12,13)14/h1-4,8H,5H2. The molecule has 0 aliphatic carbocycles. The number of alkyl halides is 4. The van der Waals surface area contributed by atoms with Gasteiger partial charge in [0.2, 0.25) is 0 Å². The van der Waals surface area contributed by atoms with Gasteiger partial charge in [0.15, 0.2) is 4.71 Å². The van der Waals surface area contributed by atoms with Crippen molar-refractivity contribution < 1.29 is 18.0 Å². The first-order chi connectivity index (χ1) is 7.91. The maximum atomic E-state index is 12.7. The quantitative estimate of drug-likeness (QED) is 0.736. The highest BCUT2D eigenvalue weighted by atomic mass is 35.5. The highest BCUT2D eigenvalue weighted by molar-refractivity contribution is 8.02. The molecule has 17 heavy (non-hydrogen) atoms. The molecule has 2 rings (SSSR count). The van der Waals surface area contributed by atoms with E-state index in [-0.39, 0.29) is 11.6 Å². The van der Waals surface area contributed by atoms with Crippen LogP contribution in [0.3, 0.4) is 0 Å². The minimum Gasteiger partial charge on any atom is -0.300 e. The van der Waals surface area contributed by atoms with Gasteiger partial charge in [0.25, 0.3) is 5.91 Å². The number of amides is 1. The van der Waals surface area contributed by atoms with E-state index in [1.54, 1.807) is 0 Å². The van der Waals surface area contributed by atoms with Gasteiger partial charge >= 0.3 is 6.18 Å². The van der Waals surface area contributed by atoms with Crippen LogP contribution in [0.2, 0.25) is 0 Å². The minimum atomic E-state index is -4.48. The number of halogens is 4. The van der Waals surface area contributed by atoms with Crippen molar-refractivity contribution in [1.29, 1.82) is 0 Å². The van der Waals surface area contributed by atoms with Crippen molar-refractivity contribution in [3.63, 3.8) is 0 Å². The van der Waals surface area contributed by atoms with E-state index in [1.807, 2.05) is 0 Å². The molecule has 0 N–H and O–H groups in total. The molecular formula is C10H7ClF3NOS. The summed E-state index contributed by atoms with van der Waals surface area (Å²) in [5.41, 5.74) is -0.958. The molecule has 1 amide bonds. The summed E-state index contributed by atoms with van der Waals surface area (Å²) in [5.74, 6) is -0.367. The molecule has 1 aliphatic rings. The molecule has 0 spiro atoms. The Morgan fingerprint density at radius 3 is 2.53 bits per heavy atom. The topological polar surface area (TPSA) is 20.3 Å². The Labute approximate surface area is 105 Å². The number of thioether (sulfide) groups is 1. The van der Waals surface area contributed by atoms with Crippen LogP contribution in [0.15, 0.2) is 24.3 Å². The number of benzene rings is 1. The number of para-hydroxylation sites is 1. The normalized spacial score (nSPS) is 21.1. The second kappa shape index (κ2) is 4.42. The van der Waals surface area contributed by atoms with E-state index < -0.39 is 22.4 Å². The molecule has 1 aliphatic heterocycles. The first-order valence-corrected chi connectivity index (χ1v) is 6.13. The summed E-state index contributed by atoms with van der Waals surface area (Å²) < 4.78 is 37.4. The number of anilines is 1. The van der Waals surface area contributed by atoms with Crippen LogP contribution in [-0.4, -0.2) is 16.5 Å². The number of rotatable bonds is 1. The van der Waals surface area contributed by atoms with Crippen LogP contribution in [-0.2, 0) is 11.0 Å². The highest BCUT2D eigenvalue weighted by Gasteiger charge is 2.39. The van der Waals surface area contributed by atoms with E-state index >= 15 is 0 Å². The zero-order valence-electron chi connectivity index (χ0n) is 8.37. The Morgan fingerprint density at radius 2 is 2.00 bits per heavy atom. The third-order valence-electron chi connectivity index (χ3n) is 2.31. The summed E-state index contributed by atoms with van der Waals surface area (Å²) in [5, 5.41) is 0. The van der Waals surface area contributed by atoms with Crippen molar-refractivity contribution in [2.24, 2.45) is 0 Å². The molecule has 1 aromatic carbocycles. The number of nitrogens with zero attached hydrogens (tertiary/aromatic N) is 1. The van der Waals surface area contributed by atoms with Gasteiger partial charge in [0.05, 0.1) is 17.1 Å². The largest absolute Gasteiger partial charge is 0.418 e. The second-order valence-electron chi connectivity index (χ2n) is 3.39. The van der Waals surface area contributed by atoms with Crippen molar-refractivity contribution in [3.8, 4) is 0 Å². The molecule has 1 atom stereocenters. The van der Waals surface area contributed by atoms with Crippen LogP contribution < -0.4 is 4.90 Å². The molecule has 2 nitrogen and oxygen atoms in total. The zero-order valence-corrected chi connectivity index (χ0v) is 9.94. The van der Waals surface area contributed by atoms with Gasteiger partial charge in [0, 0.05) is 0 Å². The third-order valence-corrected chi connectivity index (χ3v) is 3.78. The van der Waals surface area contributed by atoms with Crippen LogP contribution in [0.1, 0.15) is 5.56 Å². The SMILES string of the molecule is O=C1C(Cl)SCN1c1ccccc1C(F)(F)F. The monoisotopic (exact) mass is 281 g/mol. The molecule has 1 aromatic rings. The average Bonchev–Trinajstić information content (AvgIpc) is 2.59. The Bertz CT molecular complexity index is 451. The maximum absolute atomic E-state index is 12.7. The molecule has 1 unspecified atom stereocenters. The maximum Gasteiger partial charge on any atom is 0.418 e. The molecule has 0 radical (unpaired) electrons. The lowest BCUT2D eigenvalue weighted by Gasteiger charge is -2.20. The first-order valence-electron chi connectivity index (χ1n) is 4.64. The summed E-state index contributed by atoms with van der Waals surface area (Å²) in [6.07, 6.45) is -4.48. The van der Waals surface area contributed by atoms with Crippen LogP contribution in [0.5, 0.6) is 0 Å². The predicted octanol–water partition coefficient (Wildman–Crippen LogP) is 3.31. The fraction of sp³-hybridized carbons (Fsp3) is 0.300. The van der Waals surface area contributed by atoms with E-state index in [2.05, 4.69) is 0 Å². The van der Waals surface area contributed by atoms with Gasteiger partial charge in [-0.1, -0.05) is 12.1 Å². The predicted molar refractivity (Wildman–Crippen MR) is 61.0 cm³/mol. The molecule has 0 saturated carbocycles. The van der Waals surface area contributed by atoms with E-state index in [1.165, 1.54) is 18.2 Å². The molecular weight excluding hydrogens is 275 g/mol. The number of hydrogen-bond acceptors (Lipinski definition) is 2. The van der Waals surface area contributed by atoms with Gasteiger partial charge < -0.3 is 0 Å². The molecule has 92 valence electrons. The van der Waals surface area contributed by atoms with Crippen molar-refractivity contribution in [3.05, 3.63) is 29.8 Å². The Hall–Kier alpha value is -0.880. The number of hydrogen-bond donors (Lipinski definition) is 0. The Balaban J connectivity index is 2.43. The molecule has 1 saturated heterocycles. The summed E-state index contributed by atoms with van der Waals surface area (Å²) in [6.45, 7) is 0. The van der Waals surface area contributed by atoms with E-state index in [9.17, 15) is 18.0 Å². The summed E-state index contributed by atoms with van der Waals surface area (Å²) in [4.78, 5) is 12.7. The van der Waals surface area contributed by atoms with Crippen LogP contribution in [0.25, 0.3) is 0 Å². The van der Waals surface area contributed by atoms with E-state index in [0.29, 0.717) is 0 Å². The molecule has 0 bridgehead atoms. The lowest BCUT2D eigenvalue weighted by atomic mass is 10.1. The van der Waals surface area contributed by atoms with Crippen molar-refractivity contribution in [2.75, 3.05) is 10.8 Å². The summed E-state index contributed by atoms with van der Waals surface area (Å²) in [7, 11) is 0. The van der Waals surface area contributed by atoms with Crippen LogP contribution in [0, 0.1) is 0 Å². The fourth-order valence-corrected chi connectivity index (χ4v) is 2.64. The lowest BCUT2D eigenvalue weighted by molar-refractivity contribution is -0.137. The van der Waals surface area contributed by atoms with Crippen molar-refractivity contribution in [2.45, 2.75) is 10.9 Å². The van der Waals surface area contributed by atoms with Gasteiger partial charge in [-0.2, -0.15) is 13.2 Å². The van der Waals surface area contributed by atoms with Gasteiger partial charge in [-0.25, -0.2) is 0 Å². The third kappa shape index (κ3) is 2.37. The van der Waals surface area contributed by atoms with Crippen molar-refractivity contribution in [1.82, 2.24) is 0 Å². The highest BCUT2D eigenvalue weighted by Crippen LogP contribution is 2.40. The summed E-state index contributed by atoms with van der Waals surface area (Å²) in [6, 6.07) is 4.98. The molecule has 0 aromatic heterocycles. The Morgan fingerprint density at radius 1 is 1.35 bits per heavy atom. The lowest BCUT2D eigenvalue weighted by Crippen LogP contribution is -2.29. The van der Waals surface area contributed by atoms with Crippen LogP contribution in [0.4, 0.5) is 18.9 Å². The second-order valence-corrected chi connectivity index (χ2v) is 5.15. The Kier molecular flexibility index (Phi) is 3.27. The number of carbonyl (C=O) groups excluding carboxylic acids is 1. The fourth-order valence-electron chi connectivity index (χ4n) is 1.53. The average molecular weight is 282 g/mol. The minimum absolute atomic E-state index is 0.138. The van der Waals surface area contributed by atoms with E-state index in [4.69, 9.17) is 11.6 Å². The van der Waals surface area contributed by atoms with Gasteiger partial charge in [-0.15, -0.1) is 23.4 Å². The van der Waals surface area contributed by atoms with E-state index in [0.717, 1.165) is 22.7 Å². The molecule has 1 fully saturated rings. The van der Waals surface area contributed by atoms with Gasteiger partial charge in [-0.05, 0) is 12.1 Å². The molecule has 1 heterocycles.